The summed E-state index contributed by atoms with van der Waals surface area (Å²) in [5.41, 5.74) is -0.181. The molecule has 3 aliphatic heterocycles. The SMILES string of the molecule is CC[C@]1(C)c2sc(=O)[nH]c2S[C@@H]2[C@H]3C[C@@H]([C@@H]4C(=O)N(CC(=O)N5CCOCC5)C(=O)[C@H]34)[C@@H]21. The average Bonchev–Trinajstić information content (AvgIpc) is 3.52. The fourth-order valence-corrected chi connectivity index (χ4v) is 10.4. The van der Waals surface area contributed by atoms with E-state index in [2.05, 4.69) is 18.8 Å². The number of morpholine rings is 1. The number of rotatable bonds is 3. The predicted molar refractivity (Wildman–Crippen MR) is 118 cm³/mol. The van der Waals surface area contributed by atoms with Crippen LogP contribution in [-0.2, 0) is 24.5 Å². The van der Waals surface area contributed by atoms with Crippen LogP contribution in [0.1, 0.15) is 31.6 Å². The maximum Gasteiger partial charge on any atom is 0.305 e. The Kier molecular flexibility index (Phi) is 4.69. The molecule has 1 aromatic rings. The number of imide groups is 1. The second-order valence-corrected chi connectivity index (χ2v) is 12.1. The van der Waals surface area contributed by atoms with Crippen LogP contribution in [-0.4, -0.2) is 70.6 Å². The van der Waals surface area contributed by atoms with E-state index in [0.29, 0.717) is 26.3 Å². The van der Waals surface area contributed by atoms with Crippen molar-refractivity contribution in [2.75, 3.05) is 32.8 Å². The van der Waals surface area contributed by atoms with Crippen LogP contribution in [0, 0.1) is 29.6 Å². The first-order chi connectivity index (χ1) is 15.3. The molecule has 2 bridgehead atoms. The van der Waals surface area contributed by atoms with Crippen molar-refractivity contribution >= 4 is 40.8 Å². The summed E-state index contributed by atoms with van der Waals surface area (Å²) in [6, 6.07) is 0. The van der Waals surface area contributed by atoms with Crippen molar-refractivity contribution in [1.29, 1.82) is 0 Å². The molecule has 172 valence electrons. The van der Waals surface area contributed by atoms with Crippen LogP contribution in [0.3, 0.4) is 0 Å². The van der Waals surface area contributed by atoms with E-state index in [0.717, 1.165) is 22.7 Å². The molecule has 0 radical (unpaired) electrons. The van der Waals surface area contributed by atoms with E-state index >= 15 is 0 Å². The number of thiazole rings is 1. The molecular formula is C22H27N3O5S2. The van der Waals surface area contributed by atoms with E-state index in [4.69, 9.17) is 4.74 Å². The maximum absolute atomic E-state index is 13.5. The van der Waals surface area contributed by atoms with E-state index in [1.54, 1.807) is 16.7 Å². The molecule has 32 heavy (non-hydrogen) atoms. The lowest BCUT2D eigenvalue weighted by Gasteiger charge is -2.48. The number of likely N-dealkylation sites (tertiary alicyclic amines) is 1. The Labute approximate surface area is 194 Å². The maximum atomic E-state index is 13.5. The Morgan fingerprint density at radius 2 is 1.84 bits per heavy atom. The monoisotopic (exact) mass is 477 g/mol. The Bertz CT molecular complexity index is 1060. The van der Waals surface area contributed by atoms with Gasteiger partial charge >= 0.3 is 4.87 Å². The van der Waals surface area contributed by atoms with Gasteiger partial charge in [0.05, 0.1) is 30.1 Å². The summed E-state index contributed by atoms with van der Waals surface area (Å²) in [7, 11) is 0. The van der Waals surface area contributed by atoms with Gasteiger partial charge in [-0.1, -0.05) is 25.2 Å². The minimum Gasteiger partial charge on any atom is -0.378 e. The number of H-pyrrole nitrogens is 1. The van der Waals surface area contributed by atoms with Crippen LogP contribution in [0.5, 0.6) is 0 Å². The second kappa shape index (κ2) is 7.17. The van der Waals surface area contributed by atoms with Crippen molar-refractivity contribution in [2.45, 2.75) is 42.4 Å². The molecule has 4 heterocycles. The van der Waals surface area contributed by atoms with Gasteiger partial charge in [-0.25, -0.2) is 0 Å². The molecule has 1 N–H and O–H groups in total. The van der Waals surface area contributed by atoms with Gasteiger partial charge in [0.1, 0.15) is 6.54 Å². The van der Waals surface area contributed by atoms with Crippen LogP contribution in [0.4, 0.5) is 0 Å². The normalized spacial score (nSPS) is 39.9. The number of carbonyl (C=O) groups is 3. The number of fused-ring (bicyclic) bond motifs is 9. The summed E-state index contributed by atoms with van der Waals surface area (Å²) in [4.78, 5) is 58.8. The molecule has 8 nitrogen and oxygen atoms in total. The quantitative estimate of drug-likeness (QED) is 0.659. The molecule has 2 saturated heterocycles. The van der Waals surface area contributed by atoms with Crippen LogP contribution in [0.2, 0.25) is 0 Å². The first-order valence-corrected chi connectivity index (χ1v) is 13.2. The average molecular weight is 478 g/mol. The topological polar surface area (TPSA) is 99.8 Å². The number of carbonyl (C=O) groups excluding carboxylic acids is 3. The van der Waals surface area contributed by atoms with Gasteiger partial charge < -0.3 is 14.6 Å². The van der Waals surface area contributed by atoms with Crippen molar-refractivity contribution in [1.82, 2.24) is 14.8 Å². The first kappa shape index (κ1) is 20.9. The fourth-order valence-electron chi connectivity index (χ4n) is 7.16. The summed E-state index contributed by atoms with van der Waals surface area (Å²) < 4.78 is 5.31. The van der Waals surface area contributed by atoms with Gasteiger partial charge in [0.15, 0.2) is 0 Å². The van der Waals surface area contributed by atoms with E-state index in [1.807, 2.05) is 0 Å². The smallest absolute Gasteiger partial charge is 0.305 e. The van der Waals surface area contributed by atoms with Crippen molar-refractivity contribution in [3.8, 4) is 0 Å². The lowest BCUT2D eigenvalue weighted by Crippen LogP contribution is -2.49. The number of nitrogens with one attached hydrogen (secondary N) is 1. The lowest BCUT2D eigenvalue weighted by atomic mass is 9.62. The molecule has 3 amide bonds. The second-order valence-electron chi connectivity index (χ2n) is 9.92. The number of nitrogens with zero attached hydrogens (tertiary/aromatic N) is 2. The number of hydrogen-bond acceptors (Lipinski definition) is 7. The molecule has 2 aliphatic carbocycles. The highest BCUT2D eigenvalue weighted by molar-refractivity contribution is 8.00. The summed E-state index contributed by atoms with van der Waals surface area (Å²) in [5.74, 6) is -0.663. The van der Waals surface area contributed by atoms with Gasteiger partial charge in [0.2, 0.25) is 17.7 Å². The molecule has 0 unspecified atom stereocenters. The van der Waals surface area contributed by atoms with Crippen LogP contribution < -0.4 is 4.87 Å². The summed E-state index contributed by atoms with van der Waals surface area (Å²) in [6.07, 6.45) is 1.77. The third kappa shape index (κ3) is 2.66. The minimum atomic E-state index is -0.327. The molecule has 7 atom stereocenters. The molecule has 0 spiro atoms. The summed E-state index contributed by atoms with van der Waals surface area (Å²) in [5, 5.41) is 1.17. The van der Waals surface area contributed by atoms with E-state index in [9.17, 15) is 19.2 Å². The molecule has 6 rings (SSSR count). The minimum absolute atomic E-state index is 0.0327. The molecular weight excluding hydrogens is 450 g/mol. The van der Waals surface area contributed by atoms with Crippen molar-refractivity contribution in [2.24, 2.45) is 29.6 Å². The highest BCUT2D eigenvalue weighted by atomic mass is 32.2. The molecule has 10 heteroatoms. The zero-order valence-corrected chi connectivity index (χ0v) is 19.8. The summed E-state index contributed by atoms with van der Waals surface area (Å²) in [6.45, 7) is 6.21. The fraction of sp³-hybridized carbons (Fsp3) is 0.727. The van der Waals surface area contributed by atoms with Gasteiger partial charge in [-0.2, -0.15) is 0 Å². The van der Waals surface area contributed by atoms with Gasteiger partial charge in [-0.3, -0.25) is 24.1 Å². The van der Waals surface area contributed by atoms with E-state index < -0.39 is 0 Å². The highest BCUT2D eigenvalue weighted by Crippen LogP contribution is 2.69. The van der Waals surface area contributed by atoms with Gasteiger partial charge in [-0.15, -0.1) is 11.8 Å². The van der Waals surface area contributed by atoms with Gasteiger partial charge in [0.25, 0.3) is 0 Å². The number of ether oxygens (including phenoxy) is 1. The Morgan fingerprint density at radius 1 is 1.16 bits per heavy atom. The van der Waals surface area contributed by atoms with E-state index in [1.165, 1.54) is 16.2 Å². The van der Waals surface area contributed by atoms with Crippen LogP contribution in [0.15, 0.2) is 9.82 Å². The lowest BCUT2D eigenvalue weighted by molar-refractivity contribution is -0.148. The summed E-state index contributed by atoms with van der Waals surface area (Å²) >= 11 is 3.00. The number of hydrogen-bond donors (Lipinski definition) is 1. The van der Waals surface area contributed by atoms with E-state index in [-0.39, 0.29) is 69.4 Å². The zero-order chi connectivity index (χ0) is 22.4. The molecule has 0 aromatic carbocycles. The number of thioether (sulfide) groups is 1. The third-order valence-electron chi connectivity index (χ3n) is 8.71. The molecule has 4 fully saturated rings. The zero-order valence-electron chi connectivity index (χ0n) is 18.2. The molecule has 1 aromatic heterocycles. The first-order valence-electron chi connectivity index (χ1n) is 11.5. The van der Waals surface area contributed by atoms with Crippen molar-refractivity contribution < 1.29 is 19.1 Å². The largest absolute Gasteiger partial charge is 0.378 e. The molecule has 2 saturated carbocycles. The van der Waals surface area contributed by atoms with Crippen molar-refractivity contribution in [3.63, 3.8) is 0 Å². The van der Waals surface area contributed by atoms with Crippen LogP contribution >= 0.6 is 23.1 Å². The Morgan fingerprint density at radius 3 is 2.53 bits per heavy atom. The third-order valence-corrected chi connectivity index (χ3v) is 11.5. The standard InChI is InChI=1S/C22H27N3O5S2/c1-3-22(2)15-10-8-11(16(15)31-18-17(22)32-21(29)23-18)14-13(10)19(27)25(20(14)28)9-12(26)24-4-6-30-7-5-24/h10-11,13-16H,3-9H2,1-2H3,(H,23,29)/t10-,11-,13-,14+,15-,16+,22-/m0/s1. The Hall–Kier alpha value is -1.65. The Balaban J connectivity index is 1.30. The van der Waals surface area contributed by atoms with Crippen molar-refractivity contribution in [3.05, 3.63) is 14.5 Å². The van der Waals surface area contributed by atoms with Gasteiger partial charge in [0, 0.05) is 28.6 Å². The number of amides is 3. The highest BCUT2D eigenvalue weighted by Gasteiger charge is 2.71. The predicted octanol–water partition coefficient (Wildman–Crippen LogP) is 1.30. The number of aromatic nitrogens is 1. The molecule has 5 aliphatic rings. The van der Waals surface area contributed by atoms with Gasteiger partial charge in [-0.05, 0) is 30.6 Å². The number of aromatic amines is 1. The van der Waals surface area contributed by atoms with Crippen LogP contribution in [0.25, 0.3) is 0 Å².